The van der Waals surface area contributed by atoms with Crippen LogP contribution in [0.2, 0.25) is 0 Å². The van der Waals surface area contributed by atoms with Gasteiger partial charge in [0.1, 0.15) is 5.01 Å². The number of aliphatic hydroxyl groups is 1. The van der Waals surface area contributed by atoms with Crippen molar-refractivity contribution in [3.63, 3.8) is 0 Å². The minimum atomic E-state index is 0.111. The second-order valence-corrected chi connectivity index (χ2v) is 5.20. The molecule has 1 aromatic carbocycles. The van der Waals surface area contributed by atoms with Crippen molar-refractivity contribution in [2.45, 2.75) is 26.0 Å². The third-order valence-corrected chi connectivity index (χ3v) is 3.85. The Morgan fingerprint density at radius 2 is 2.00 bits per heavy atom. The molecule has 0 aliphatic rings. The molecule has 0 bridgehead atoms. The van der Waals surface area contributed by atoms with Gasteiger partial charge in [0, 0.05) is 11.6 Å². The number of hydrogen-bond donors (Lipinski definition) is 2. The molecule has 1 aromatic heterocycles. The van der Waals surface area contributed by atoms with Crippen LogP contribution < -0.4 is 5.32 Å². The second kappa shape index (κ2) is 6.64. The normalized spacial score (nSPS) is 12.6. The molecule has 0 fully saturated rings. The molecular formula is C14H18N2OS. The summed E-state index contributed by atoms with van der Waals surface area (Å²) in [6.07, 6.45) is 2.83. The van der Waals surface area contributed by atoms with E-state index in [1.54, 1.807) is 11.3 Å². The van der Waals surface area contributed by atoms with Crippen molar-refractivity contribution >= 4 is 11.3 Å². The fraction of sp³-hybridized carbons (Fsp3) is 0.357. The Labute approximate surface area is 112 Å². The van der Waals surface area contributed by atoms with E-state index in [0.29, 0.717) is 6.04 Å². The van der Waals surface area contributed by atoms with E-state index in [9.17, 15) is 0 Å². The average Bonchev–Trinajstić information content (AvgIpc) is 2.93. The molecule has 1 heterocycles. The Bertz CT molecular complexity index is 453. The summed E-state index contributed by atoms with van der Waals surface area (Å²) in [5.41, 5.74) is 2.24. The summed E-state index contributed by atoms with van der Waals surface area (Å²) >= 11 is 1.68. The highest BCUT2D eigenvalue weighted by Gasteiger charge is 2.06. The van der Waals surface area contributed by atoms with Crippen LogP contribution in [0.25, 0.3) is 0 Å². The van der Waals surface area contributed by atoms with Crippen LogP contribution in [0.1, 0.15) is 29.1 Å². The molecule has 0 aliphatic carbocycles. The molecule has 2 aromatic rings. The molecule has 4 heteroatoms. The summed E-state index contributed by atoms with van der Waals surface area (Å²) in [4.78, 5) is 4.29. The van der Waals surface area contributed by atoms with Gasteiger partial charge in [-0.2, -0.15) is 0 Å². The van der Waals surface area contributed by atoms with Crippen LogP contribution in [-0.4, -0.2) is 16.6 Å². The van der Waals surface area contributed by atoms with Crippen molar-refractivity contribution in [1.29, 1.82) is 0 Å². The zero-order valence-electron chi connectivity index (χ0n) is 10.5. The van der Waals surface area contributed by atoms with E-state index in [0.717, 1.165) is 23.5 Å². The van der Waals surface area contributed by atoms with E-state index in [1.165, 1.54) is 5.56 Å². The first-order valence-corrected chi connectivity index (χ1v) is 6.99. The third kappa shape index (κ3) is 3.63. The fourth-order valence-corrected chi connectivity index (χ4v) is 2.45. The van der Waals surface area contributed by atoms with Gasteiger partial charge >= 0.3 is 0 Å². The Morgan fingerprint density at radius 1 is 1.28 bits per heavy atom. The maximum Gasteiger partial charge on any atom is 0.109 e. The van der Waals surface area contributed by atoms with Gasteiger partial charge in [0.25, 0.3) is 0 Å². The number of thiazole rings is 1. The number of aliphatic hydroxyl groups excluding tert-OH is 1. The fourth-order valence-electron chi connectivity index (χ4n) is 1.78. The third-order valence-electron chi connectivity index (χ3n) is 2.89. The number of nitrogens with one attached hydrogen (secondary N) is 1. The van der Waals surface area contributed by atoms with Crippen LogP contribution in [0.15, 0.2) is 35.8 Å². The van der Waals surface area contributed by atoms with E-state index in [2.05, 4.69) is 29.4 Å². The highest BCUT2D eigenvalue weighted by atomic mass is 32.1. The van der Waals surface area contributed by atoms with Crippen LogP contribution >= 0.6 is 11.3 Å². The number of aromatic nitrogens is 1. The van der Waals surface area contributed by atoms with Crippen LogP contribution in [0.3, 0.4) is 0 Å². The van der Waals surface area contributed by atoms with E-state index in [-0.39, 0.29) is 6.61 Å². The monoisotopic (exact) mass is 262 g/mol. The molecule has 0 spiro atoms. The molecule has 0 saturated heterocycles. The minimum absolute atomic E-state index is 0.111. The quantitative estimate of drug-likeness (QED) is 0.841. The van der Waals surface area contributed by atoms with Crippen molar-refractivity contribution in [2.24, 2.45) is 0 Å². The van der Waals surface area contributed by atoms with E-state index >= 15 is 0 Å². The lowest BCUT2D eigenvalue weighted by Crippen LogP contribution is -2.21. The first-order chi connectivity index (χ1) is 8.79. The first kappa shape index (κ1) is 13.2. The Morgan fingerprint density at radius 3 is 2.61 bits per heavy atom. The predicted molar refractivity (Wildman–Crippen MR) is 74.6 cm³/mol. The standard InChI is InChI=1S/C14H18N2OS/c1-11(14-16-8-9-18-14)15-7-6-12-2-4-13(10-17)5-3-12/h2-5,8-9,11,15,17H,6-7,10H2,1H3. The minimum Gasteiger partial charge on any atom is -0.392 e. The van der Waals surface area contributed by atoms with Gasteiger partial charge in [0.15, 0.2) is 0 Å². The lowest BCUT2D eigenvalue weighted by molar-refractivity contribution is 0.282. The molecule has 18 heavy (non-hydrogen) atoms. The van der Waals surface area contributed by atoms with Gasteiger partial charge in [0.2, 0.25) is 0 Å². The molecule has 3 nitrogen and oxygen atoms in total. The zero-order valence-corrected chi connectivity index (χ0v) is 11.3. The van der Waals surface area contributed by atoms with Crippen molar-refractivity contribution < 1.29 is 5.11 Å². The van der Waals surface area contributed by atoms with E-state index in [4.69, 9.17) is 5.11 Å². The Kier molecular flexibility index (Phi) is 4.87. The lowest BCUT2D eigenvalue weighted by atomic mass is 10.1. The maximum absolute atomic E-state index is 8.96. The highest BCUT2D eigenvalue weighted by molar-refractivity contribution is 7.09. The molecule has 96 valence electrons. The van der Waals surface area contributed by atoms with E-state index in [1.807, 2.05) is 23.7 Å². The summed E-state index contributed by atoms with van der Waals surface area (Å²) in [6.45, 7) is 3.17. The molecule has 1 atom stereocenters. The first-order valence-electron chi connectivity index (χ1n) is 6.11. The summed E-state index contributed by atoms with van der Waals surface area (Å²) < 4.78 is 0. The Hall–Kier alpha value is -1.23. The van der Waals surface area contributed by atoms with Gasteiger partial charge < -0.3 is 10.4 Å². The number of benzene rings is 1. The summed E-state index contributed by atoms with van der Waals surface area (Å²) in [7, 11) is 0. The maximum atomic E-state index is 8.96. The molecular weight excluding hydrogens is 244 g/mol. The van der Waals surface area contributed by atoms with Gasteiger partial charge in [-0.05, 0) is 31.0 Å². The van der Waals surface area contributed by atoms with Gasteiger partial charge in [-0.1, -0.05) is 24.3 Å². The number of rotatable bonds is 6. The number of nitrogens with zero attached hydrogens (tertiary/aromatic N) is 1. The molecule has 0 radical (unpaired) electrons. The van der Waals surface area contributed by atoms with Crippen LogP contribution in [0.4, 0.5) is 0 Å². The summed E-state index contributed by atoms with van der Waals surface area (Å²) in [6, 6.07) is 8.39. The predicted octanol–water partition coefficient (Wildman–Crippen LogP) is 2.53. The molecule has 0 aliphatic heterocycles. The zero-order chi connectivity index (χ0) is 12.8. The summed E-state index contributed by atoms with van der Waals surface area (Å²) in [5.74, 6) is 0. The van der Waals surface area contributed by atoms with Crippen molar-refractivity contribution in [2.75, 3.05) is 6.54 Å². The van der Waals surface area contributed by atoms with Crippen molar-refractivity contribution in [3.8, 4) is 0 Å². The largest absolute Gasteiger partial charge is 0.392 e. The van der Waals surface area contributed by atoms with Crippen molar-refractivity contribution in [1.82, 2.24) is 10.3 Å². The SMILES string of the molecule is CC(NCCc1ccc(CO)cc1)c1nccs1. The second-order valence-electron chi connectivity index (χ2n) is 4.27. The average molecular weight is 262 g/mol. The van der Waals surface area contributed by atoms with Gasteiger partial charge in [-0.25, -0.2) is 4.98 Å². The van der Waals surface area contributed by atoms with Gasteiger partial charge in [0.05, 0.1) is 12.6 Å². The van der Waals surface area contributed by atoms with Gasteiger partial charge in [-0.3, -0.25) is 0 Å². The molecule has 1 unspecified atom stereocenters. The van der Waals surface area contributed by atoms with Crippen molar-refractivity contribution in [3.05, 3.63) is 52.0 Å². The Balaban J connectivity index is 1.77. The van der Waals surface area contributed by atoms with E-state index < -0.39 is 0 Å². The van der Waals surface area contributed by atoms with Crippen LogP contribution in [0.5, 0.6) is 0 Å². The molecule has 0 amide bonds. The van der Waals surface area contributed by atoms with Crippen LogP contribution in [-0.2, 0) is 13.0 Å². The lowest BCUT2D eigenvalue weighted by Gasteiger charge is -2.11. The van der Waals surface area contributed by atoms with Crippen LogP contribution in [0, 0.1) is 0 Å². The molecule has 2 N–H and O–H groups in total. The molecule has 0 saturated carbocycles. The topological polar surface area (TPSA) is 45.1 Å². The number of hydrogen-bond acceptors (Lipinski definition) is 4. The smallest absolute Gasteiger partial charge is 0.109 e. The van der Waals surface area contributed by atoms with Gasteiger partial charge in [-0.15, -0.1) is 11.3 Å². The highest BCUT2D eigenvalue weighted by Crippen LogP contribution is 2.14. The summed E-state index contributed by atoms with van der Waals surface area (Å²) in [5, 5.41) is 15.6. The molecule has 2 rings (SSSR count).